The molecule has 0 aliphatic rings. The summed E-state index contributed by atoms with van der Waals surface area (Å²) >= 11 is 0. The van der Waals surface area contributed by atoms with Gasteiger partial charge in [0, 0.05) is 17.2 Å². The lowest BCUT2D eigenvalue weighted by Crippen LogP contribution is -2.09. The summed E-state index contributed by atoms with van der Waals surface area (Å²) in [5.41, 5.74) is 1.32. The SMILES string of the molecule is CC(C)Oc1ccc(/C=C/C(=O)c2ccc(O)cc2)c(OC(C)C)c1. The Kier molecular flexibility index (Phi) is 6.23. The van der Waals surface area contributed by atoms with Crippen LogP contribution in [0.25, 0.3) is 6.08 Å². The zero-order valence-electron chi connectivity index (χ0n) is 15.0. The molecule has 0 heterocycles. The number of rotatable bonds is 7. The minimum Gasteiger partial charge on any atom is -0.508 e. The van der Waals surface area contributed by atoms with Crippen LogP contribution in [0.1, 0.15) is 43.6 Å². The van der Waals surface area contributed by atoms with Crippen molar-refractivity contribution in [3.05, 3.63) is 59.7 Å². The first-order chi connectivity index (χ1) is 11.8. The van der Waals surface area contributed by atoms with Crippen molar-refractivity contribution in [1.29, 1.82) is 0 Å². The van der Waals surface area contributed by atoms with Crippen molar-refractivity contribution in [1.82, 2.24) is 0 Å². The number of hydrogen-bond donors (Lipinski definition) is 1. The van der Waals surface area contributed by atoms with Crippen molar-refractivity contribution >= 4 is 11.9 Å². The van der Waals surface area contributed by atoms with Gasteiger partial charge in [0.2, 0.25) is 0 Å². The summed E-state index contributed by atoms with van der Waals surface area (Å²) in [6.45, 7) is 7.83. The molecule has 1 N–H and O–H groups in total. The van der Waals surface area contributed by atoms with E-state index in [-0.39, 0.29) is 23.7 Å². The largest absolute Gasteiger partial charge is 0.508 e. The monoisotopic (exact) mass is 340 g/mol. The van der Waals surface area contributed by atoms with Crippen molar-refractivity contribution < 1.29 is 19.4 Å². The normalized spacial score (nSPS) is 11.3. The Bertz CT molecular complexity index is 743. The highest BCUT2D eigenvalue weighted by atomic mass is 16.5. The average molecular weight is 340 g/mol. The fourth-order valence-electron chi connectivity index (χ4n) is 2.24. The zero-order chi connectivity index (χ0) is 18.4. The topological polar surface area (TPSA) is 55.8 Å². The van der Waals surface area contributed by atoms with E-state index < -0.39 is 0 Å². The van der Waals surface area contributed by atoms with Gasteiger partial charge >= 0.3 is 0 Å². The van der Waals surface area contributed by atoms with E-state index in [0.29, 0.717) is 11.3 Å². The van der Waals surface area contributed by atoms with Crippen LogP contribution in [0, 0.1) is 0 Å². The summed E-state index contributed by atoms with van der Waals surface area (Å²) in [5.74, 6) is 1.39. The standard InChI is InChI=1S/C21H24O4/c1-14(2)24-19-11-7-17(21(13-19)25-15(3)4)8-12-20(23)16-5-9-18(22)10-6-16/h5-15,22H,1-4H3/b12-8+. The fraction of sp³-hybridized carbons (Fsp3) is 0.286. The van der Waals surface area contributed by atoms with Gasteiger partial charge in [0.25, 0.3) is 0 Å². The van der Waals surface area contributed by atoms with Gasteiger partial charge in [-0.25, -0.2) is 0 Å². The fourth-order valence-corrected chi connectivity index (χ4v) is 2.24. The zero-order valence-corrected chi connectivity index (χ0v) is 15.0. The molecule has 4 nitrogen and oxygen atoms in total. The van der Waals surface area contributed by atoms with E-state index in [1.54, 1.807) is 18.2 Å². The lowest BCUT2D eigenvalue weighted by Gasteiger charge is -2.15. The molecule has 0 bridgehead atoms. The van der Waals surface area contributed by atoms with Crippen LogP contribution in [-0.2, 0) is 0 Å². The lowest BCUT2D eigenvalue weighted by molar-refractivity contribution is 0.104. The molecule has 0 amide bonds. The van der Waals surface area contributed by atoms with Gasteiger partial charge in [0.1, 0.15) is 17.2 Å². The quantitative estimate of drug-likeness (QED) is 0.577. The van der Waals surface area contributed by atoms with Crippen LogP contribution in [0.2, 0.25) is 0 Å². The van der Waals surface area contributed by atoms with Crippen molar-refractivity contribution in [2.75, 3.05) is 0 Å². The number of carbonyl (C=O) groups is 1. The summed E-state index contributed by atoms with van der Waals surface area (Å²) in [4.78, 5) is 12.2. The number of ether oxygens (including phenoxy) is 2. The molecule has 0 spiro atoms. The van der Waals surface area contributed by atoms with E-state index in [9.17, 15) is 9.90 Å². The molecule has 0 atom stereocenters. The number of ketones is 1. The highest BCUT2D eigenvalue weighted by Crippen LogP contribution is 2.28. The number of aromatic hydroxyl groups is 1. The maximum absolute atomic E-state index is 12.2. The Morgan fingerprint density at radius 1 is 0.960 bits per heavy atom. The predicted molar refractivity (Wildman–Crippen MR) is 99.4 cm³/mol. The molecule has 2 aromatic rings. The van der Waals surface area contributed by atoms with Crippen LogP contribution in [0.4, 0.5) is 0 Å². The second-order valence-corrected chi connectivity index (χ2v) is 6.28. The summed E-state index contributed by atoms with van der Waals surface area (Å²) < 4.78 is 11.5. The second-order valence-electron chi connectivity index (χ2n) is 6.28. The van der Waals surface area contributed by atoms with Gasteiger partial charge in [0.15, 0.2) is 5.78 Å². The molecular weight excluding hydrogens is 316 g/mol. The van der Waals surface area contributed by atoms with Gasteiger partial charge in [-0.05, 0) is 76.2 Å². The Morgan fingerprint density at radius 3 is 2.20 bits per heavy atom. The maximum atomic E-state index is 12.2. The van der Waals surface area contributed by atoms with Crippen molar-refractivity contribution in [3.8, 4) is 17.2 Å². The number of carbonyl (C=O) groups excluding carboxylic acids is 1. The third kappa shape index (κ3) is 5.68. The summed E-state index contributed by atoms with van der Waals surface area (Å²) in [5, 5.41) is 9.30. The van der Waals surface area contributed by atoms with Crippen LogP contribution in [0.15, 0.2) is 48.5 Å². The van der Waals surface area contributed by atoms with Crippen LogP contribution >= 0.6 is 0 Å². The van der Waals surface area contributed by atoms with E-state index in [2.05, 4.69) is 0 Å². The van der Waals surface area contributed by atoms with E-state index >= 15 is 0 Å². The number of phenolic OH excluding ortho intramolecular Hbond substituents is 1. The van der Waals surface area contributed by atoms with Gasteiger partial charge in [0.05, 0.1) is 12.2 Å². The van der Waals surface area contributed by atoms with Gasteiger partial charge < -0.3 is 14.6 Å². The molecule has 0 radical (unpaired) electrons. The molecule has 0 aliphatic heterocycles. The first-order valence-corrected chi connectivity index (χ1v) is 8.34. The molecule has 25 heavy (non-hydrogen) atoms. The molecular formula is C21H24O4. The van der Waals surface area contributed by atoms with E-state index in [0.717, 1.165) is 11.3 Å². The lowest BCUT2D eigenvalue weighted by atomic mass is 10.1. The van der Waals surface area contributed by atoms with Crippen LogP contribution in [0.3, 0.4) is 0 Å². The molecule has 2 rings (SSSR count). The van der Waals surface area contributed by atoms with E-state index in [1.807, 2.05) is 45.9 Å². The summed E-state index contributed by atoms with van der Waals surface area (Å²) in [6, 6.07) is 11.7. The molecule has 2 aromatic carbocycles. The Hall–Kier alpha value is -2.75. The number of benzene rings is 2. The molecule has 4 heteroatoms. The highest BCUT2D eigenvalue weighted by molar-refractivity contribution is 6.07. The van der Waals surface area contributed by atoms with E-state index in [4.69, 9.17) is 9.47 Å². The summed E-state index contributed by atoms with van der Waals surface area (Å²) in [6.07, 6.45) is 3.31. The minimum atomic E-state index is -0.141. The van der Waals surface area contributed by atoms with E-state index in [1.165, 1.54) is 18.2 Å². The van der Waals surface area contributed by atoms with Crippen molar-refractivity contribution in [2.45, 2.75) is 39.9 Å². The van der Waals surface area contributed by atoms with Crippen LogP contribution in [0.5, 0.6) is 17.2 Å². The molecule has 0 fully saturated rings. The Morgan fingerprint density at radius 2 is 1.60 bits per heavy atom. The Labute approximate surface area is 148 Å². The molecule has 132 valence electrons. The first-order valence-electron chi connectivity index (χ1n) is 8.34. The predicted octanol–water partition coefficient (Wildman–Crippen LogP) is 4.86. The maximum Gasteiger partial charge on any atom is 0.185 e. The molecule has 0 saturated carbocycles. The van der Waals surface area contributed by atoms with Gasteiger partial charge in [-0.3, -0.25) is 4.79 Å². The van der Waals surface area contributed by atoms with Crippen LogP contribution in [-0.4, -0.2) is 23.1 Å². The smallest absolute Gasteiger partial charge is 0.185 e. The Balaban J connectivity index is 2.24. The molecule has 0 aliphatic carbocycles. The molecule has 0 aromatic heterocycles. The van der Waals surface area contributed by atoms with Gasteiger partial charge in [-0.2, -0.15) is 0 Å². The van der Waals surface area contributed by atoms with Crippen molar-refractivity contribution in [2.24, 2.45) is 0 Å². The van der Waals surface area contributed by atoms with Crippen molar-refractivity contribution in [3.63, 3.8) is 0 Å². The molecule has 0 unspecified atom stereocenters. The third-order valence-corrected chi connectivity index (χ3v) is 3.29. The number of hydrogen-bond acceptors (Lipinski definition) is 4. The average Bonchev–Trinajstić information content (AvgIpc) is 2.53. The minimum absolute atomic E-state index is 0.00856. The van der Waals surface area contributed by atoms with Gasteiger partial charge in [-0.15, -0.1) is 0 Å². The van der Waals surface area contributed by atoms with Gasteiger partial charge in [-0.1, -0.05) is 0 Å². The second kappa shape index (κ2) is 8.38. The first kappa shape index (κ1) is 18.6. The van der Waals surface area contributed by atoms with Crippen LogP contribution < -0.4 is 9.47 Å². The molecule has 0 saturated heterocycles. The highest BCUT2D eigenvalue weighted by Gasteiger charge is 2.08. The third-order valence-electron chi connectivity index (χ3n) is 3.29. The number of allylic oxidation sites excluding steroid dienone is 1. The summed E-state index contributed by atoms with van der Waals surface area (Å²) in [7, 11) is 0. The number of phenols is 1.